The molecule has 0 spiro atoms. The van der Waals surface area contributed by atoms with E-state index in [0.717, 1.165) is 87.6 Å². The van der Waals surface area contributed by atoms with Crippen LogP contribution in [0.5, 0.6) is 0 Å². The molecule has 9 nitrogen and oxygen atoms in total. The van der Waals surface area contributed by atoms with Crippen molar-refractivity contribution >= 4 is 29.2 Å². The summed E-state index contributed by atoms with van der Waals surface area (Å²) in [5.41, 5.74) is 5.31. The van der Waals surface area contributed by atoms with Crippen molar-refractivity contribution in [2.75, 3.05) is 56.6 Å². The Morgan fingerprint density at radius 2 is 1.89 bits per heavy atom. The molecule has 0 saturated carbocycles. The van der Waals surface area contributed by atoms with Gasteiger partial charge in [0.05, 0.1) is 30.8 Å². The van der Waals surface area contributed by atoms with Crippen molar-refractivity contribution in [3.63, 3.8) is 0 Å². The van der Waals surface area contributed by atoms with Gasteiger partial charge in [-0.15, -0.1) is 0 Å². The maximum absolute atomic E-state index is 12.4. The number of morpholine rings is 1. The minimum atomic E-state index is -0.233. The van der Waals surface area contributed by atoms with Crippen LogP contribution in [0.15, 0.2) is 54.9 Å². The van der Waals surface area contributed by atoms with E-state index in [2.05, 4.69) is 67.5 Å². The van der Waals surface area contributed by atoms with E-state index >= 15 is 0 Å². The lowest BCUT2D eigenvalue weighted by atomic mass is 10.0. The highest BCUT2D eigenvalue weighted by molar-refractivity contribution is 5.91. The third-order valence-electron chi connectivity index (χ3n) is 6.94. The molecule has 9 heteroatoms. The number of ether oxygens (including phenoxy) is 1. The van der Waals surface area contributed by atoms with E-state index in [1.165, 1.54) is 5.56 Å². The summed E-state index contributed by atoms with van der Waals surface area (Å²) in [5.74, 6) is 0.531. The Bertz CT molecular complexity index is 1220. The molecule has 1 aromatic carbocycles. The summed E-state index contributed by atoms with van der Waals surface area (Å²) < 4.78 is 7.44. The van der Waals surface area contributed by atoms with Gasteiger partial charge < -0.3 is 15.4 Å². The molecule has 5 rings (SSSR count). The van der Waals surface area contributed by atoms with Gasteiger partial charge in [0.25, 0.3) is 0 Å². The number of hydrogen-bond donors (Lipinski definition) is 3. The lowest BCUT2D eigenvalue weighted by molar-refractivity contribution is 0.0368. The molecule has 2 aliphatic rings. The van der Waals surface area contributed by atoms with E-state index in [-0.39, 0.29) is 6.03 Å². The summed E-state index contributed by atoms with van der Waals surface area (Å²) in [6, 6.07) is 14.0. The number of benzene rings is 1. The van der Waals surface area contributed by atoms with Gasteiger partial charge in [0.1, 0.15) is 5.82 Å². The molecule has 2 amide bonds. The van der Waals surface area contributed by atoms with E-state index in [4.69, 9.17) is 4.74 Å². The highest BCUT2D eigenvalue weighted by Gasteiger charge is 2.15. The van der Waals surface area contributed by atoms with Gasteiger partial charge in [0.15, 0.2) is 0 Å². The number of nitrogens with one attached hydrogen (secondary N) is 3. The Labute approximate surface area is 224 Å². The van der Waals surface area contributed by atoms with Crippen LogP contribution < -0.4 is 16.0 Å². The predicted molar refractivity (Wildman–Crippen MR) is 151 cm³/mol. The smallest absolute Gasteiger partial charge is 0.320 e. The summed E-state index contributed by atoms with van der Waals surface area (Å²) in [5, 5.41) is 13.8. The molecule has 0 bridgehead atoms. The molecular formula is C29H37N7O2. The molecule has 0 radical (unpaired) electrons. The second-order valence-electron chi connectivity index (χ2n) is 9.78. The van der Waals surface area contributed by atoms with Crippen LogP contribution in [0.2, 0.25) is 0 Å². The van der Waals surface area contributed by atoms with Crippen LogP contribution in [0.4, 0.5) is 16.3 Å². The zero-order chi connectivity index (χ0) is 26.0. The number of fused-ring (bicyclic) bond motifs is 1. The molecular weight excluding hydrogens is 478 g/mol. The third kappa shape index (κ3) is 7.43. The van der Waals surface area contributed by atoms with Gasteiger partial charge in [0.2, 0.25) is 0 Å². The monoisotopic (exact) mass is 515 g/mol. The largest absolute Gasteiger partial charge is 0.379 e. The summed E-state index contributed by atoms with van der Waals surface area (Å²) in [6.45, 7) is 7.00. The van der Waals surface area contributed by atoms with Crippen LogP contribution in [-0.4, -0.2) is 71.6 Å². The fourth-order valence-electron chi connectivity index (χ4n) is 4.79. The molecule has 3 aromatic rings. The van der Waals surface area contributed by atoms with Gasteiger partial charge >= 0.3 is 6.03 Å². The number of carbonyl (C=O) groups excluding carboxylic acids is 1. The standard InChI is InChI=1S/C29H37N7O2/c37-29(30-12-5-4-9-23-7-2-1-3-8-23)34-28-11-10-26-27(33-28)19-24(20-31-26)25-21-32-36(22-25)14-6-13-35-15-17-38-18-16-35/h1-3,7-8,10-11,19,21-22,31H,4-6,9,12-18,20H2,(H2,30,33,34,37). The SMILES string of the molecule is O=C(NCCCCc1ccccc1)Nc1ccc2c(n1)C=C(c1cnn(CCCN3CCOCC3)c1)CN2. The Morgan fingerprint density at radius 1 is 1.03 bits per heavy atom. The Hall–Kier alpha value is -3.69. The second-order valence-corrected chi connectivity index (χ2v) is 9.78. The first-order chi connectivity index (χ1) is 18.7. The number of amides is 2. The van der Waals surface area contributed by atoms with Crippen molar-refractivity contribution in [1.29, 1.82) is 0 Å². The predicted octanol–water partition coefficient (Wildman–Crippen LogP) is 4.11. The highest BCUT2D eigenvalue weighted by Crippen LogP contribution is 2.28. The number of rotatable bonds is 11. The summed E-state index contributed by atoms with van der Waals surface area (Å²) in [7, 11) is 0. The van der Waals surface area contributed by atoms with Crippen molar-refractivity contribution in [2.24, 2.45) is 0 Å². The number of urea groups is 1. The van der Waals surface area contributed by atoms with Gasteiger partial charge in [-0.3, -0.25) is 14.9 Å². The van der Waals surface area contributed by atoms with E-state index in [1.807, 2.05) is 29.1 Å². The number of unbranched alkanes of at least 4 members (excludes halogenated alkanes) is 1. The molecule has 2 aliphatic heterocycles. The number of anilines is 2. The van der Waals surface area contributed by atoms with Gasteiger partial charge in [-0.1, -0.05) is 30.3 Å². The Kier molecular flexibility index (Phi) is 9.02. The summed E-state index contributed by atoms with van der Waals surface area (Å²) >= 11 is 0. The summed E-state index contributed by atoms with van der Waals surface area (Å²) in [4.78, 5) is 19.5. The molecule has 200 valence electrons. The lowest BCUT2D eigenvalue weighted by Gasteiger charge is -2.26. The van der Waals surface area contributed by atoms with Crippen molar-refractivity contribution in [2.45, 2.75) is 32.2 Å². The Morgan fingerprint density at radius 3 is 2.76 bits per heavy atom. The van der Waals surface area contributed by atoms with Crippen LogP contribution >= 0.6 is 0 Å². The zero-order valence-corrected chi connectivity index (χ0v) is 21.9. The molecule has 1 saturated heterocycles. The van der Waals surface area contributed by atoms with Crippen LogP contribution in [0.1, 0.15) is 36.1 Å². The third-order valence-corrected chi connectivity index (χ3v) is 6.94. The average Bonchev–Trinajstić information content (AvgIpc) is 3.43. The Balaban J connectivity index is 1.09. The maximum atomic E-state index is 12.4. The van der Waals surface area contributed by atoms with E-state index in [0.29, 0.717) is 18.9 Å². The van der Waals surface area contributed by atoms with Crippen molar-refractivity contribution in [1.82, 2.24) is 25.0 Å². The number of aromatic nitrogens is 3. The molecule has 0 aliphatic carbocycles. The minimum Gasteiger partial charge on any atom is -0.379 e. The number of carbonyl (C=O) groups is 1. The number of nitrogens with zero attached hydrogens (tertiary/aromatic N) is 4. The fourth-order valence-corrected chi connectivity index (χ4v) is 4.79. The molecule has 38 heavy (non-hydrogen) atoms. The topological polar surface area (TPSA) is 96.3 Å². The molecule has 0 atom stereocenters. The molecule has 3 N–H and O–H groups in total. The highest BCUT2D eigenvalue weighted by atomic mass is 16.5. The van der Waals surface area contributed by atoms with Crippen LogP contribution in [0, 0.1) is 0 Å². The molecule has 4 heterocycles. The number of aryl methyl sites for hydroxylation is 2. The van der Waals surface area contributed by atoms with Gasteiger partial charge in [0, 0.05) is 51.0 Å². The fraction of sp³-hybridized carbons (Fsp3) is 0.414. The van der Waals surface area contributed by atoms with Crippen molar-refractivity contribution in [3.8, 4) is 0 Å². The first-order valence-corrected chi connectivity index (χ1v) is 13.6. The van der Waals surface area contributed by atoms with Crippen molar-refractivity contribution < 1.29 is 9.53 Å². The maximum Gasteiger partial charge on any atom is 0.320 e. The van der Waals surface area contributed by atoms with Gasteiger partial charge in [-0.25, -0.2) is 9.78 Å². The number of hydrogen-bond acceptors (Lipinski definition) is 6. The lowest BCUT2D eigenvalue weighted by Crippen LogP contribution is -2.37. The zero-order valence-electron chi connectivity index (χ0n) is 21.9. The van der Waals surface area contributed by atoms with E-state index < -0.39 is 0 Å². The van der Waals surface area contributed by atoms with E-state index in [9.17, 15) is 4.79 Å². The first kappa shape index (κ1) is 25.9. The van der Waals surface area contributed by atoms with Crippen molar-refractivity contribution in [3.05, 3.63) is 71.7 Å². The van der Waals surface area contributed by atoms with Crippen LogP contribution in [-0.2, 0) is 17.7 Å². The second kappa shape index (κ2) is 13.2. The van der Waals surface area contributed by atoms with E-state index in [1.54, 1.807) is 0 Å². The van der Waals surface area contributed by atoms with Crippen LogP contribution in [0.25, 0.3) is 11.6 Å². The average molecular weight is 516 g/mol. The first-order valence-electron chi connectivity index (χ1n) is 13.6. The number of pyridine rings is 1. The summed E-state index contributed by atoms with van der Waals surface area (Å²) in [6.07, 6.45) is 10.1. The molecule has 2 aromatic heterocycles. The van der Waals surface area contributed by atoms with Gasteiger partial charge in [-0.2, -0.15) is 5.10 Å². The quantitative estimate of drug-likeness (QED) is 0.333. The molecule has 1 fully saturated rings. The van der Waals surface area contributed by atoms with Crippen LogP contribution in [0.3, 0.4) is 0 Å². The normalized spacial score (nSPS) is 15.3. The minimum absolute atomic E-state index is 0.233. The van der Waals surface area contributed by atoms with Gasteiger partial charge in [-0.05, 0) is 55.0 Å². The molecule has 0 unspecified atom stereocenters.